The van der Waals surface area contributed by atoms with Gasteiger partial charge in [-0.25, -0.2) is 0 Å². The van der Waals surface area contributed by atoms with Crippen LogP contribution in [0.3, 0.4) is 0 Å². The molecule has 1 atom stereocenters. The van der Waals surface area contributed by atoms with Gasteiger partial charge in [0.1, 0.15) is 0 Å². The summed E-state index contributed by atoms with van der Waals surface area (Å²) >= 11 is 12.0. The largest absolute Gasteiger partial charge is 0.320 e. The van der Waals surface area contributed by atoms with E-state index in [2.05, 4.69) is 15.5 Å². The molecule has 0 aliphatic carbocycles. The number of nitrogens with one attached hydrogen (secondary N) is 1. The molecule has 0 saturated heterocycles. The van der Waals surface area contributed by atoms with E-state index in [1.165, 1.54) is 0 Å². The van der Waals surface area contributed by atoms with Crippen molar-refractivity contribution in [3.05, 3.63) is 45.7 Å². The minimum absolute atomic E-state index is 0.0518. The van der Waals surface area contributed by atoms with Gasteiger partial charge in [0.25, 0.3) is 0 Å². The number of halogens is 2. The summed E-state index contributed by atoms with van der Waals surface area (Å²) in [5, 5.41) is 12.9. The molecule has 2 aromatic rings. The van der Waals surface area contributed by atoms with Crippen molar-refractivity contribution in [2.75, 3.05) is 13.6 Å². The smallest absolute Gasteiger partial charge is 0.0978 e. The molecule has 102 valence electrons. The summed E-state index contributed by atoms with van der Waals surface area (Å²) in [5.74, 6) is 0. The van der Waals surface area contributed by atoms with Crippen molar-refractivity contribution in [1.29, 1.82) is 0 Å². The van der Waals surface area contributed by atoms with Crippen LogP contribution in [-0.4, -0.2) is 28.6 Å². The molecule has 0 aliphatic rings. The Balaban J connectivity index is 2.33. The Morgan fingerprint density at radius 3 is 2.68 bits per heavy atom. The molecule has 0 fully saturated rings. The summed E-state index contributed by atoms with van der Waals surface area (Å²) in [6.45, 7) is 2.79. The molecular weight excluding hydrogens is 283 g/mol. The third kappa shape index (κ3) is 3.47. The van der Waals surface area contributed by atoms with Gasteiger partial charge in [-0.1, -0.05) is 29.3 Å². The molecule has 1 aromatic carbocycles. The van der Waals surface area contributed by atoms with Gasteiger partial charge in [0.2, 0.25) is 0 Å². The van der Waals surface area contributed by atoms with E-state index >= 15 is 0 Å². The first-order chi connectivity index (χ1) is 9.11. The van der Waals surface area contributed by atoms with E-state index in [4.69, 9.17) is 23.2 Å². The number of hydrogen-bond donors (Lipinski definition) is 1. The molecule has 19 heavy (non-hydrogen) atoms. The van der Waals surface area contributed by atoms with Gasteiger partial charge >= 0.3 is 0 Å². The van der Waals surface area contributed by atoms with E-state index in [1.807, 2.05) is 32.2 Å². The summed E-state index contributed by atoms with van der Waals surface area (Å²) in [7, 11) is 1.92. The first-order valence-electron chi connectivity index (χ1n) is 6.10. The molecule has 0 spiro atoms. The maximum absolute atomic E-state index is 6.09. The highest BCUT2D eigenvalue weighted by molar-refractivity contribution is 6.42. The van der Waals surface area contributed by atoms with E-state index in [-0.39, 0.29) is 6.04 Å². The van der Waals surface area contributed by atoms with Gasteiger partial charge in [0.05, 0.1) is 28.0 Å². The van der Waals surface area contributed by atoms with Gasteiger partial charge in [-0.2, -0.15) is 15.0 Å². The fourth-order valence-electron chi connectivity index (χ4n) is 1.92. The standard InChI is InChI=1S/C13H16Cl2N4/c1-9-8-17-19(18-9)13(5-6-16-2)10-3-4-11(14)12(15)7-10/h3-4,7-8,13,16H,5-6H2,1-2H3/t13-/m1/s1. The monoisotopic (exact) mass is 298 g/mol. The molecule has 1 N–H and O–H groups in total. The van der Waals surface area contributed by atoms with Crippen molar-refractivity contribution in [1.82, 2.24) is 20.3 Å². The number of benzene rings is 1. The summed E-state index contributed by atoms with van der Waals surface area (Å²) in [5.41, 5.74) is 1.95. The lowest BCUT2D eigenvalue weighted by atomic mass is 10.0. The molecule has 0 radical (unpaired) electrons. The van der Waals surface area contributed by atoms with Gasteiger partial charge in [-0.05, 0) is 44.6 Å². The third-order valence-corrected chi connectivity index (χ3v) is 3.64. The Labute approximate surface area is 122 Å². The second-order valence-electron chi connectivity index (χ2n) is 4.39. The van der Waals surface area contributed by atoms with Crippen molar-refractivity contribution < 1.29 is 0 Å². The minimum Gasteiger partial charge on any atom is -0.320 e. The van der Waals surface area contributed by atoms with Gasteiger partial charge < -0.3 is 5.32 Å². The second kappa shape index (κ2) is 6.37. The molecule has 0 bridgehead atoms. The molecular formula is C13H16Cl2N4. The fourth-order valence-corrected chi connectivity index (χ4v) is 2.23. The van der Waals surface area contributed by atoms with Crippen LogP contribution in [0.15, 0.2) is 24.4 Å². The lowest BCUT2D eigenvalue weighted by molar-refractivity contribution is 0.429. The van der Waals surface area contributed by atoms with Crippen LogP contribution in [0.25, 0.3) is 0 Å². The van der Waals surface area contributed by atoms with E-state index in [0.29, 0.717) is 10.0 Å². The molecule has 0 saturated carbocycles. The fraction of sp³-hybridized carbons (Fsp3) is 0.385. The molecule has 0 aliphatic heterocycles. The number of rotatable bonds is 5. The Morgan fingerprint density at radius 1 is 1.32 bits per heavy atom. The van der Waals surface area contributed by atoms with Crippen LogP contribution in [0.2, 0.25) is 10.0 Å². The normalized spacial score (nSPS) is 12.6. The maximum atomic E-state index is 6.09. The number of nitrogens with zero attached hydrogens (tertiary/aromatic N) is 3. The highest BCUT2D eigenvalue weighted by atomic mass is 35.5. The molecule has 2 rings (SSSR count). The lowest BCUT2D eigenvalue weighted by Gasteiger charge is -2.17. The summed E-state index contributed by atoms with van der Waals surface area (Å²) in [4.78, 5) is 1.73. The van der Waals surface area contributed by atoms with E-state index < -0.39 is 0 Å². The van der Waals surface area contributed by atoms with Crippen molar-refractivity contribution in [3.8, 4) is 0 Å². The van der Waals surface area contributed by atoms with Gasteiger partial charge in [-0.3, -0.25) is 0 Å². The van der Waals surface area contributed by atoms with Crippen molar-refractivity contribution >= 4 is 23.2 Å². The molecule has 1 heterocycles. The highest BCUT2D eigenvalue weighted by Gasteiger charge is 2.16. The highest BCUT2D eigenvalue weighted by Crippen LogP contribution is 2.28. The summed E-state index contributed by atoms with van der Waals surface area (Å²) in [6.07, 6.45) is 2.63. The maximum Gasteiger partial charge on any atom is 0.0978 e. The van der Waals surface area contributed by atoms with Crippen LogP contribution >= 0.6 is 23.2 Å². The topological polar surface area (TPSA) is 42.7 Å². The zero-order valence-corrected chi connectivity index (χ0v) is 12.4. The Kier molecular flexibility index (Phi) is 4.80. The minimum atomic E-state index is 0.0518. The predicted octanol–water partition coefficient (Wildman–Crippen LogP) is 3.09. The lowest BCUT2D eigenvalue weighted by Crippen LogP contribution is -2.19. The number of hydrogen-bond acceptors (Lipinski definition) is 3. The Morgan fingerprint density at radius 2 is 2.11 bits per heavy atom. The Bertz CT molecular complexity index is 553. The molecule has 4 nitrogen and oxygen atoms in total. The van der Waals surface area contributed by atoms with E-state index in [0.717, 1.165) is 24.2 Å². The number of aromatic nitrogens is 3. The van der Waals surface area contributed by atoms with Crippen molar-refractivity contribution in [3.63, 3.8) is 0 Å². The average molecular weight is 299 g/mol. The van der Waals surface area contributed by atoms with Crippen LogP contribution in [0.4, 0.5) is 0 Å². The van der Waals surface area contributed by atoms with Gasteiger partial charge in [0.15, 0.2) is 0 Å². The van der Waals surface area contributed by atoms with Gasteiger partial charge in [0, 0.05) is 0 Å². The van der Waals surface area contributed by atoms with E-state index in [9.17, 15) is 0 Å². The number of aryl methyl sites for hydroxylation is 1. The SMILES string of the molecule is CNCC[C@H](c1ccc(Cl)c(Cl)c1)n1ncc(C)n1. The van der Waals surface area contributed by atoms with Crippen molar-refractivity contribution in [2.45, 2.75) is 19.4 Å². The first kappa shape index (κ1) is 14.3. The van der Waals surface area contributed by atoms with Crippen LogP contribution in [0.1, 0.15) is 23.7 Å². The molecule has 0 amide bonds. The first-order valence-corrected chi connectivity index (χ1v) is 6.85. The van der Waals surface area contributed by atoms with Crippen LogP contribution in [-0.2, 0) is 0 Å². The van der Waals surface area contributed by atoms with E-state index in [1.54, 1.807) is 11.0 Å². The quantitative estimate of drug-likeness (QED) is 0.922. The zero-order valence-electron chi connectivity index (χ0n) is 10.9. The van der Waals surface area contributed by atoms with Gasteiger partial charge in [-0.15, -0.1) is 0 Å². The van der Waals surface area contributed by atoms with Crippen molar-refractivity contribution in [2.24, 2.45) is 0 Å². The Hall–Kier alpha value is -1.10. The molecule has 0 unspecified atom stereocenters. The summed E-state index contributed by atoms with van der Waals surface area (Å²) < 4.78 is 0. The predicted molar refractivity (Wildman–Crippen MR) is 77.9 cm³/mol. The molecule has 6 heteroatoms. The van der Waals surface area contributed by atoms with Crippen LogP contribution < -0.4 is 5.32 Å². The van der Waals surface area contributed by atoms with Crippen LogP contribution in [0, 0.1) is 6.92 Å². The third-order valence-electron chi connectivity index (χ3n) is 2.90. The molecule has 1 aromatic heterocycles. The summed E-state index contributed by atoms with van der Waals surface area (Å²) in [6, 6.07) is 5.70. The second-order valence-corrected chi connectivity index (χ2v) is 5.20. The van der Waals surface area contributed by atoms with Crippen LogP contribution in [0.5, 0.6) is 0 Å². The zero-order chi connectivity index (χ0) is 13.8. The average Bonchev–Trinajstić information content (AvgIpc) is 2.80.